The molecule has 0 radical (unpaired) electrons. The zero-order valence-corrected chi connectivity index (χ0v) is 16.4. The normalized spacial score (nSPS) is 20.3. The van der Waals surface area contributed by atoms with Crippen LogP contribution in [-0.4, -0.2) is 59.9 Å². The van der Waals surface area contributed by atoms with Gasteiger partial charge in [0.05, 0.1) is 12.1 Å². The summed E-state index contributed by atoms with van der Waals surface area (Å²) >= 11 is 0. The van der Waals surface area contributed by atoms with Gasteiger partial charge in [-0.2, -0.15) is 0 Å². The van der Waals surface area contributed by atoms with Crippen LogP contribution in [0.5, 0.6) is 0 Å². The molecular formula is C21H32N4O2. The second-order valence-corrected chi connectivity index (χ2v) is 7.84. The molecule has 0 atom stereocenters. The zero-order chi connectivity index (χ0) is 19.3. The van der Waals surface area contributed by atoms with Crippen LogP contribution in [0.25, 0.3) is 0 Å². The van der Waals surface area contributed by atoms with Crippen LogP contribution in [0.3, 0.4) is 0 Å². The quantitative estimate of drug-likeness (QED) is 0.829. The Bertz CT molecular complexity index is 662. The second kappa shape index (κ2) is 8.85. The lowest BCUT2D eigenvalue weighted by Crippen LogP contribution is -2.60. The molecule has 0 bridgehead atoms. The molecule has 1 saturated carbocycles. The van der Waals surface area contributed by atoms with Crippen LogP contribution in [0.2, 0.25) is 0 Å². The minimum Gasteiger partial charge on any atom is -0.339 e. The molecule has 6 nitrogen and oxygen atoms in total. The summed E-state index contributed by atoms with van der Waals surface area (Å²) in [4.78, 5) is 29.2. The summed E-state index contributed by atoms with van der Waals surface area (Å²) in [6.45, 7) is 5.16. The first-order valence-corrected chi connectivity index (χ1v) is 10.2. The van der Waals surface area contributed by atoms with Crippen LogP contribution < -0.4 is 11.1 Å². The minimum absolute atomic E-state index is 0.00162. The number of aryl methyl sites for hydroxylation is 1. The summed E-state index contributed by atoms with van der Waals surface area (Å²) in [5.41, 5.74) is 7.76. The van der Waals surface area contributed by atoms with Gasteiger partial charge in [0.1, 0.15) is 0 Å². The third-order valence-corrected chi connectivity index (χ3v) is 5.87. The molecule has 0 spiro atoms. The van der Waals surface area contributed by atoms with Crippen molar-refractivity contribution in [2.24, 2.45) is 5.73 Å². The fourth-order valence-electron chi connectivity index (χ4n) is 4.16. The Kier molecular flexibility index (Phi) is 6.50. The maximum atomic E-state index is 12.8. The van der Waals surface area contributed by atoms with Crippen molar-refractivity contribution in [2.45, 2.75) is 51.0 Å². The topological polar surface area (TPSA) is 78.7 Å². The van der Waals surface area contributed by atoms with E-state index in [9.17, 15) is 9.59 Å². The first-order valence-electron chi connectivity index (χ1n) is 10.2. The molecule has 0 unspecified atom stereocenters. The third-order valence-electron chi connectivity index (χ3n) is 5.87. The molecule has 3 rings (SSSR count). The Morgan fingerprint density at radius 3 is 2.41 bits per heavy atom. The maximum absolute atomic E-state index is 12.8. The van der Waals surface area contributed by atoms with Gasteiger partial charge in [0.25, 0.3) is 0 Å². The highest BCUT2D eigenvalue weighted by Crippen LogP contribution is 2.28. The number of nitrogens with zero attached hydrogens (tertiary/aromatic N) is 2. The van der Waals surface area contributed by atoms with Crippen LogP contribution in [0.15, 0.2) is 24.3 Å². The van der Waals surface area contributed by atoms with E-state index in [4.69, 9.17) is 5.73 Å². The summed E-state index contributed by atoms with van der Waals surface area (Å²) in [5.74, 6) is 0.0985. The monoisotopic (exact) mass is 372 g/mol. The van der Waals surface area contributed by atoms with Crippen LogP contribution in [-0.2, 0) is 16.0 Å². The first kappa shape index (κ1) is 19.8. The maximum Gasteiger partial charge on any atom is 0.242 e. The van der Waals surface area contributed by atoms with Gasteiger partial charge in [0.2, 0.25) is 11.8 Å². The van der Waals surface area contributed by atoms with Gasteiger partial charge in [0.15, 0.2) is 0 Å². The first-order chi connectivity index (χ1) is 13.0. The highest BCUT2D eigenvalue weighted by Gasteiger charge is 2.39. The van der Waals surface area contributed by atoms with E-state index in [0.29, 0.717) is 32.7 Å². The number of para-hydroxylation sites is 1. The summed E-state index contributed by atoms with van der Waals surface area (Å²) in [7, 11) is 0. The summed E-state index contributed by atoms with van der Waals surface area (Å²) in [6, 6.07) is 7.90. The van der Waals surface area contributed by atoms with Crippen molar-refractivity contribution in [1.82, 2.24) is 9.80 Å². The largest absolute Gasteiger partial charge is 0.339 e. The number of hydrogen-bond donors (Lipinski definition) is 2. The molecule has 2 fully saturated rings. The van der Waals surface area contributed by atoms with Crippen LogP contribution in [0.1, 0.15) is 44.6 Å². The fourth-order valence-corrected chi connectivity index (χ4v) is 4.16. The Labute approximate surface area is 162 Å². The van der Waals surface area contributed by atoms with E-state index in [1.54, 1.807) is 0 Å². The third kappa shape index (κ3) is 4.87. The molecule has 2 amide bonds. The Morgan fingerprint density at radius 1 is 1.07 bits per heavy atom. The van der Waals surface area contributed by atoms with Crippen molar-refractivity contribution in [3.63, 3.8) is 0 Å². The average molecular weight is 373 g/mol. The van der Waals surface area contributed by atoms with Crippen molar-refractivity contribution in [1.29, 1.82) is 0 Å². The number of anilines is 1. The Hall–Kier alpha value is -1.92. The Balaban J connectivity index is 1.48. The SMILES string of the molecule is CCc1ccccc1NC(=O)CN1CCN(C(=O)C2(N)CCCCC2)CC1. The van der Waals surface area contributed by atoms with E-state index in [0.717, 1.165) is 43.4 Å². The number of carbonyl (C=O) groups is 2. The predicted octanol–water partition coefficient (Wildman–Crippen LogP) is 1.99. The van der Waals surface area contributed by atoms with Crippen LogP contribution in [0, 0.1) is 0 Å². The van der Waals surface area contributed by atoms with E-state index in [2.05, 4.69) is 17.1 Å². The number of carbonyl (C=O) groups excluding carboxylic acids is 2. The van der Waals surface area contributed by atoms with Gasteiger partial charge in [-0.3, -0.25) is 14.5 Å². The molecule has 1 aromatic rings. The number of nitrogens with one attached hydrogen (secondary N) is 1. The van der Waals surface area contributed by atoms with E-state index >= 15 is 0 Å². The van der Waals surface area contributed by atoms with Crippen molar-refractivity contribution < 1.29 is 9.59 Å². The van der Waals surface area contributed by atoms with Gasteiger partial charge in [-0.1, -0.05) is 44.4 Å². The number of piperazine rings is 1. The van der Waals surface area contributed by atoms with Crippen molar-refractivity contribution >= 4 is 17.5 Å². The van der Waals surface area contributed by atoms with Crippen molar-refractivity contribution in [3.05, 3.63) is 29.8 Å². The van der Waals surface area contributed by atoms with E-state index < -0.39 is 5.54 Å². The van der Waals surface area contributed by atoms with Gasteiger partial charge in [-0.25, -0.2) is 0 Å². The average Bonchev–Trinajstić information content (AvgIpc) is 2.69. The smallest absolute Gasteiger partial charge is 0.242 e. The number of nitrogens with two attached hydrogens (primary N) is 1. The molecular weight excluding hydrogens is 340 g/mol. The molecule has 3 N–H and O–H groups in total. The lowest BCUT2D eigenvalue weighted by Gasteiger charge is -2.40. The van der Waals surface area contributed by atoms with E-state index in [-0.39, 0.29) is 11.8 Å². The molecule has 27 heavy (non-hydrogen) atoms. The molecule has 1 aliphatic carbocycles. The zero-order valence-electron chi connectivity index (χ0n) is 16.4. The summed E-state index contributed by atoms with van der Waals surface area (Å²) in [5, 5.41) is 3.02. The number of rotatable bonds is 5. The molecule has 1 heterocycles. The second-order valence-electron chi connectivity index (χ2n) is 7.84. The van der Waals surface area contributed by atoms with Gasteiger partial charge in [0, 0.05) is 31.9 Å². The van der Waals surface area contributed by atoms with E-state index in [1.165, 1.54) is 6.42 Å². The van der Waals surface area contributed by atoms with Crippen LogP contribution in [0.4, 0.5) is 5.69 Å². The highest BCUT2D eigenvalue weighted by atomic mass is 16.2. The molecule has 2 aliphatic rings. The van der Waals surface area contributed by atoms with Gasteiger partial charge >= 0.3 is 0 Å². The molecule has 6 heteroatoms. The van der Waals surface area contributed by atoms with Gasteiger partial charge in [-0.15, -0.1) is 0 Å². The minimum atomic E-state index is -0.665. The fraction of sp³-hybridized carbons (Fsp3) is 0.619. The molecule has 0 aromatic heterocycles. The van der Waals surface area contributed by atoms with Crippen molar-refractivity contribution in [2.75, 3.05) is 38.0 Å². The standard InChI is InChI=1S/C21H32N4O2/c1-2-17-8-4-5-9-18(17)23-19(26)16-24-12-14-25(15-13-24)20(27)21(22)10-6-3-7-11-21/h4-5,8-9H,2-3,6-7,10-16,22H2,1H3,(H,23,26). The number of amides is 2. The lowest BCUT2D eigenvalue weighted by atomic mass is 9.81. The Morgan fingerprint density at radius 2 is 1.74 bits per heavy atom. The number of hydrogen-bond acceptors (Lipinski definition) is 4. The molecule has 1 saturated heterocycles. The van der Waals surface area contributed by atoms with Gasteiger partial charge in [-0.05, 0) is 30.9 Å². The number of benzene rings is 1. The van der Waals surface area contributed by atoms with Crippen molar-refractivity contribution in [3.8, 4) is 0 Å². The van der Waals surface area contributed by atoms with E-state index in [1.807, 2.05) is 29.2 Å². The molecule has 1 aromatic carbocycles. The van der Waals surface area contributed by atoms with Crippen LogP contribution >= 0.6 is 0 Å². The molecule has 148 valence electrons. The molecule has 1 aliphatic heterocycles. The predicted molar refractivity (Wildman–Crippen MR) is 107 cm³/mol. The van der Waals surface area contributed by atoms with Gasteiger partial charge < -0.3 is 16.0 Å². The highest BCUT2D eigenvalue weighted by molar-refractivity contribution is 5.93. The summed E-state index contributed by atoms with van der Waals surface area (Å²) < 4.78 is 0. The summed E-state index contributed by atoms with van der Waals surface area (Å²) in [6.07, 6.45) is 5.74. The lowest BCUT2D eigenvalue weighted by molar-refractivity contribution is -0.140.